The van der Waals surface area contributed by atoms with Gasteiger partial charge in [-0.05, 0) is 45.1 Å². The molecular weight excluding hydrogens is 240 g/mol. The fraction of sp³-hybridized carbons (Fsp3) is 0.625. The third-order valence-corrected chi connectivity index (χ3v) is 3.61. The normalized spacial score (nSPS) is 20.4. The molecule has 2 rings (SSSR count). The predicted octanol–water partition coefficient (Wildman–Crippen LogP) is 3.47. The highest BCUT2D eigenvalue weighted by Crippen LogP contribution is 2.29. The quantitative estimate of drug-likeness (QED) is 0.819. The van der Waals surface area contributed by atoms with Crippen molar-refractivity contribution in [2.24, 2.45) is 0 Å². The minimum atomic E-state index is -0.441. The van der Waals surface area contributed by atoms with E-state index in [1.54, 1.807) is 0 Å². The van der Waals surface area contributed by atoms with E-state index in [2.05, 4.69) is 0 Å². The third-order valence-electron chi connectivity index (χ3n) is 3.61. The molecule has 1 fully saturated rings. The van der Waals surface area contributed by atoms with Gasteiger partial charge < -0.3 is 14.6 Å². The molecule has 1 aliphatic heterocycles. The zero-order valence-electron chi connectivity index (χ0n) is 11.7. The van der Waals surface area contributed by atoms with Crippen LogP contribution < -0.4 is 4.74 Å². The molecule has 2 unspecified atom stereocenters. The van der Waals surface area contributed by atoms with Gasteiger partial charge >= 0.3 is 0 Å². The monoisotopic (exact) mass is 264 g/mol. The molecule has 1 N–H and O–H groups in total. The number of aliphatic hydroxyl groups excluding tert-OH is 1. The first-order valence-corrected chi connectivity index (χ1v) is 7.32. The van der Waals surface area contributed by atoms with Gasteiger partial charge in [-0.1, -0.05) is 18.2 Å². The molecule has 3 nitrogen and oxygen atoms in total. The third kappa shape index (κ3) is 4.22. The van der Waals surface area contributed by atoms with Crippen LogP contribution in [0, 0.1) is 0 Å². The Bertz CT molecular complexity index is 372. The fourth-order valence-electron chi connectivity index (χ4n) is 2.61. The lowest BCUT2D eigenvalue weighted by molar-refractivity contribution is 0.0940. The highest BCUT2D eigenvalue weighted by molar-refractivity contribution is 5.34. The summed E-state index contributed by atoms with van der Waals surface area (Å²) in [5, 5.41) is 10.3. The summed E-state index contributed by atoms with van der Waals surface area (Å²) < 4.78 is 11.1. The van der Waals surface area contributed by atoms with E-state index >= 15 is 0 Å². The fourth-order valence-corrected chi connectivity index (χ4v) is 2.61. The van der Waals surface area contributed by atoms with Crippen molar-refractivity contribution in [1.82, 2.24) is 0 Å². The van der Waals surface area contributed by atoms with Crippen molar-refractivity contribution in [2.75, 3.05) is 13.2 Å². The van der Waals surface area contributed by atoms with Gasteiger partial charge in [-0.2, -0.15) is 0 Å². The van der Waals surface area contributed by atoms with Crippen molar-refractivity contribution in [2.45, 2.75) is 51.2 Å². The lowest BCUT2D eigenvalue weighted by Gasteiger charge is -2.16. The molecule has 0 amide bonds. The van der Waals surface area contributed by atoms with Gasteiger partial charge in [-0.3, -0.25) is 0 Å². The Kier molecular flexibility index (Phi) is 5.67. The van der Waals surface area contributed by atoms with E-state index in [0.717, 1.165) is 37.2 Å². The Hall–Kier alpha value is -1.06. The summed E-state index contributed by atoms with van der Waals surface area (Å²) in [6, 6.07) is 7.75. The minimum Gasteiger partial charge on any atom is -0.493 e. The second-order valence-corrected chi connectivity index (χ2v) is 5.05. The number of hydrogen-bond donors (Lipinski definition) is 1. The second kappa shape index (κ2) is 7.51. The molecule has 3 heteroatoms. The topological polar surface area (TPSA) is 38.7 Å². The molecule has 1 aromatic carbocycles. The van der Waals surface area contributed by atoms with E-state index in [-0.39, 0.29) is 0 Å². The van der Waals surface area contributed by atoms with Crippen LogP contribution in [-0.2, 0) is 4.74 Å². The summed E-state index contributed by atoms with van der Waals surface area (Å²) in [6.45, 7) is 3.49. The van der Waals surface area contributed by atoms with Crippen LogP contribution in [0.25, 0.3) is 0 Å². The Balaban J connectivity index is 1.82. The Morgan fingerprint density at radius 3 is 3.00 bits per heavy atom. The summed E-state index contributed by atoms with van der Waals surface area (Å²) in [5.41, 5.74) is 0.900. The van der Waals surface area contributed by atoms with E-state index in [1.165, 1.54) is 12.8 Å². The number of hydrogen-bond acceptors (Lipinski definition) is 3. The molecule has 0 saturated carbocycles. The molecule has 0 bridgehead atoms. The van der Waals surface area contributed by atoms with Crippen LogP contribution in [-0.4, -0.2) is 24.4 Å². The second-order valence-electron chi connectivity index (χ2n) is 5.05. The van der Waals surface area contributed by atoms with Crippen LogP contribution in [0.15, 0.2) is 24.3 Å². The Labute approximate surface area is 115 Å². The molecule has 1 aliphatic rings. The molecular formula is C16H24O3. The number of para-hydroxylation sites is 1. The number of aliphatic hydroxyl groups is 1. The van der Waals surface area contributed by atoms with E-state index < -0.39 is 6.10 Å². The van der Waals surface area contributed by atoms with Gasteiger partial charge in [0.25, 0.3) is 0 Å². The average molecular weight is 264 g/mol. The van der Waals surface area contributed by atoms with Crippen molar-refractivity contribution in [3.8, 4) is 5.75 Å². The van der Waals surface area contributed by atoms with Crippen molar-refractivity contribution >= 4 is 0 Å². The zero-order valence-corrected chi connectivity index (χ0v) is 11.7. The molecule has 106 valence electrons. The molecule has 19 heavy (non-hydrogen) atoms. The maximum Gasteiger partial charge on any atom is 0.125 e. The number of benzene rings is 1. The largest absolute Gasteiger partial charge is 0.493 e. The Morgan fingerprint density at radius 2 is 2.26 bits per heavy atom. The zero-order chi connectivity index (χ0) is 13.5. The molecule has 2 atom stereocenters. The van der Waals surface area contributed by atoms with Crippen molar-refractivity contribution in [3.05, 3.63) is 29.8 Å². The summed E-state index contributed by atoms with van der Waals surface area (Å²) in [4.78, 5) is 0. The van der Waals surface area contributed by atoms with Gasteiger partial charge in [0.15, 0.2) is 0 Å². The first kappa shape index (κ1) is 14.4. The van der Waals surface area contributed by atoms with Gasteiger partial charge in [-0.25, -0.2) is 0 Å². The van der Waals surface area contributed by atoms with Crippen molar-refractivity contribution in [3.63, 3.8) is 0 Å². The summed E-state index contributed by atoms with van der Waals surface area (Å²) in [5.74, 6) is 0.801. The van der Waals surface area contributed by atoms with E-state index in [1.807, 2.05) is 31.2 Å². The highest BCUT2D eigenvalue weighted by atomic mass is 16.5. The van der Waals surface area contributed by atoms with E-state index in [4.69, 9.17) is 9.47 Å². The number of rotatable bonds is 7. The SMILES string of the molecule is CCOc1ccccc1C(O)CCCC1CCCO1. The Morgan fingerprint density at radius 1 is 1.42 bits per heavy atom. The molecule has 0 aliphatic carbocycles. The molecule has 1 saturated heterocycles. The average Bonchev–Trinajstić information content (AvgIpc) is 2.93. The molecule has 0 radical (unpaired) electrons. The number of ether oxygens (including phenoxy) is 2. The summed E-state index contributed by atoms with van der Waals surface area (Å²) in [7, 11) is 0. The van der Waals surface area contributed by atoms with Crippen molar-refractivity contribution < 1.29 is 14.6 Å². The standard InChI is InChI=1S/C16H24O3/c1-2-18-16-11-4-3-9-14(16)15(17)10-5-7-13-8-6-12-19-13/h3-4,9,11,13,15,17H,2,5-8,10,12H2,1H3. The van der Waals surface area contributed by atoms with E-state index in [9.17, 15) is 5.11 Å². The maximum atomic E-state index is 10.3. The van der Waals surface area contributed by atoms with Crippen LogP contribution in [0.5, 0.6) is 5.75 Å². The lowest BCUT2D eigenvalue weighted by atomic mass is 10.0. The summed E-state index contributed by atoms with van der Waals surface area (Å²) in [6.07, 6.45) is 5.13. The highest BCUT2D eigenvalue weighted by Gasteiger charge is 2.17. The van der Waals surface area contributed by atoms with Crippen LogP contribution in [0.2, 0.25) is 0 Å². The molecule has 1 heterocycles. The first-order valence-electron chi connectivity index (χ1n) is 7.32. The van der Waals surface area contributed by atoms with E-state index in [0.29, 0.717) is 12.7 Å². The molecule has 1 aromatic rings. The van der Waals surface area contributed by atoms with Crippen LogP contribution in [0.3, 0.4) is 0 Å². The molecule has 0 spiro atoms. The van der Waals surface area contributed by atoms with Crippen LogP contribution in [0.1, 0.15) is 50.7 Å². The smallest absolute Gasteiger partial charge is 0.125 e. The van der Waals surface area contributed by atoms with Gasteiger partial charge in [0, 0.05) is 12.2 Å². The predicted molar refractivity (Wildman–Crippen MR) is 75.4 cm³/mol. The van der Waals surface area contributed by atoms with Gasteiger partial charge in [0.2, 0.25) is 0 Å². The van der Waals surface area contributed by atoms with Gasteiger partial charge in [0.05, 0.1) is 18.8 Å². The van der Waals surface area contributed by atoms with Crippen LogP contribution >= 0.6 is 0 Å². The minimum absolute atomic E-state index is 0.411. The van der Waals surface area contributed by atoms with Gasteiger partial charge in [-0.15, -0.1) is 0 Å². The van der Waals surface area contributed by atoms with Gasteiger partial charge in [0.1, 0.15) is 5.75 Å². The maximum absolute atomic E-state index is 10.3. The summed E-state index contributed by atoms with van der Waals surface area (Å²) >= 11 is 0. The van der Waals surface area contributed by atoms with Crippen LogP contribution in [0.4, 0.5) is 0 Å². The lowest BCUT2D eigenvalue weighted by Crippen LogP contribution is -2.07. The first-order chi connectivity index (χ1) is 9.31. The molecule has 0 aromatic heterocycles. The van der Waals surface area contributed by atoms with Crippen molar-refractivity contribution in [1.29, 1.82) is 0 Å².